The molecule has 0 aliphatic carbocycles. The van der Waals surface area contributed by atoms with E-state index >= 15 is 0 Å². The Kier molecular flexibility index (Phi) is 5.86. The van der Waals surface area contributed by atoms with E-state index in [1.54, 1.807) is 7.05 Å². The largest absolute Gasteiger partial charge is 0.492 e. The summed E-state index contributed by atoms with van der Waals surface area (Å²) >= 11 is 0. The van der Waals surface area contributed by atoms with Gasteiger partial charge < -0.3 is 14.4 Å². The second-order valence-corrected chi connectivity index (χ2v) is 5.75. The van der Waals surface area contributed by atoms with Crippen molar-refractivity contribution in [2.24, 2.45) is 0 Å². The quantitative estimate of drug-likeness (QED) is 0.828. The van der Waals surface area contributed by atoms with Gasteiger partial charge in [0.25, 0.3) is 0 Å². The van der Waals surface area contributed by atoms with E-state index in [1.165, 1.54) is 10.5 Å². The third kappa shape index (κ3) is 5.95. The fraction of sp³-hybridized carbons (Fsp3) is 0.562. The molecule has 0 unspecified atom stereocenters. The average molecular weight is 279 g/mol. The van der Waals surface area contributed by atoms with Gasteiger partial charge in [-0.1, -0.05) is 19.1 Å². The van der Waals surface area contributed by atoms with Crippen LogP contribution in [0, 0.1) is 0 Å². The predicted molar refractivity (Wildman–Crippen MR) is 80.2 cm³/mol. The molecule has 0 radical (unpaired) electrons. The van der Waals surface area contributed by atoms with Crippen LogP contribution >= 0.6 is 0 Å². The second kappa shape index (κ2) is 7.17. The summed E-state index contributed by atoms with van der Waals surface area (Å²) in [7, 11) is 1.71. The van der Waals surface area contributed by atoms with Gasteiger partial charge in [0, 0.05) is 7.05 Å². The minimum absolute atomic E-state index is 0.331. The second-order valence-electron chi connectivity index (χ2n) is 5.75. The number of hydrogen-bond donors (Lipinski definition) is 0. The van der Waals surface area contributed by atoms with Gasteiger partial charge in [-0.3, -0.25) is 0 Å². The molecule has 112 valence electrons. The van der Waals surface area contributed by atoms with Gasteiger partial charge in [-0.05, 0) is 44.9 Å². The maximum absolute atomic E-state index is 11.7. The summed E-state index contributed by atoms with van der Waals surface area (Å²) in [6, 6.07) is 8.00. The van der Waals surface area contributed by atoms with Crippen molar-refractivity contribution in [1.29, 1.82) is 0 Å². The van der Waals surface area contributed by atoms with Gasteiger partial charge >= 0.3 is 6.09 Å². The Balaban J connectivity index is 2.34. The Morgan fingerprint density at radius 3 is 2.30 bits per heavy atom. The summed E-state index contributed by atoms with van der Waals surface area (Å²) in [5, 5.41) is 0. The zero-order chi connectivity index (χ0) is 15.2. The first-order chi connectivity index (χ1) is 9.31. The van der Waals surface area contributed by atoms with Crippen LogP contribution in [0.2, 0.25) is 0 Å². The van der Waals surface area contributed by atoms with E-state index in [2.05, 4.69) is 6.92 Å². The van der Waals surface area contributed by atoms with Crippen molar-refractivity contribution in [3.8, 4) is 5.75 Å². The van der Waals surface area contributed by atoms with Gasteiger partial charge in [0.15, 0.2) is 0 Å². The molecule has 0 bridgehead atoms. The SMILES string of the molecule is CCc1ccc(OCCN(C)C(=O)OC(C)(C)C)cc1. The lowest BCUT2D eigenvalue weighted by atomic mass is 10.2. The number of nitrogens with zero attached hydrogens (tertiary/aromatic N) is 1. The number of aryl methyl sites for hydroxylation is 1. The molecule has 1 amide bonds. The molecule has 0 N–H and O–H groups in total. The monoisotopic (exact) mass is 279 g/mol. The fourth-order valence-corrected chi connectivity index (χ4v) is 1.55. The van der Waals surface area contributed by atoms with Crippen LogP contribution in [0.1, 0.15) is 33.3 Å². The van der Waals surface area contributed by atoms with E-state index < -0.39 is 5.60 Å². The molecule has 0 saturated carbocycles. The smallest absolute Gasteiger partial charge is 0.410 e. The Hall–Kier alpha value is -1.71. The number of rotatable bonds is 5. The highest BCUT2D eigenvalue weighted by atomic mass is 16.6. The molecule has 0 heterocycles. The molecule has 4 heteroatoms. The van der Waals surface area contributed by atoms with Crippen molar-refractivity contribution < 1.29 is 14.3 Å². The van der Waals surface area contributed by atoms with Crippen molar-refractivity contribution >= 4 is 6.09 Å². The summed E-state index contributed by atoms with van der Waals surface area (Å²) in [5.41, 5.74) is 0.811. The van der Waals surface area contributed by atoms with Gasteiger partial charge in [-0.2, -0.15) is 0 Å². The normalized spacial score (nSPS) is 11.1. The number of hydrogen-bond acceptors (Lipinski definition) is 3. The molecule has 0 fully saturated rings. The van der Waals surface area contributed by atoms with E-state index in [1.807, 2.05) is 45.0 Å². The van der Waals surface area contributed by atoms with E-state index in [0.717, 1.165) is 12.2 Å². The van der Waals surface area contributed by atoms with Crippen molar-refractivity contribution in [3.05, 3.63) is 29.8 Å². The lowest BCUT2D eigenvalue weighted by Crippen LogP contribution is -2.36. The van der Waals surface area contributed by atoms with Crippen LogP contribution in [0.3, 0.4) is 0 Å². The van der Waals surface area contributed by atoms with Crippen molar-refractivity contribution in [1.82, 2.24) is 4.90 Å². The molecular formula is C16H25NO3. The Bertz CT molecular complexity index is 420. The summed E-state index contributed by atoms with van der Waals surface area (Å²) in [5.74, 6) is 0.819. The van der Waals surface area contributed by atoms with Crippen LogP contribution < -0.4 is 4.74 Å². The number of benzene rings is 1. The Morgan fingerprint density at radius 2 is 1.80 bits per heavy atom. The molecule has 1 aromatic rings. The van der Waals surface area contributed by atoms with Gasteiger partial charge in [0.2, 0.25) is 0 Å². The molecule has 4 nitrogen and oxygen atoms in total. The van der Waals surface area contributed by atoms with Crippen LogP contribution in [0.25, 0.3) is 0 Å². The first kappa shape index (κ1) is 16.3. The van der Waals surface area contributed by atoms with Gasteiger partial charge in [-0.15, -0.1) is 0 Å². The maximum Gasteiger partial charge on any atom is 0.410 e. The summed E-state index contributed by atoms with van der Waals surface area (Å²) in [6.07, 6.45) is 0.684. The molecule has 0 aliphatic heterocycles. The summed E-state index contributed by atoms with van der Waals surface area (Å²) < 4.78 is 10.9. The molecular weight excluding hydrogens is 254 g/mol. The predicted octanol–water partition coefficient (Wildman–Crippen LogP) is 3.49. The topological polar surface area (TPSA) is 38.8 Å². The Morgan fingerprint density at radius 1 is 1.20 bits per heavy atom. The number of ether oxygens (including phenoxy) is 2. The van der Waals surface area contributed by atoms with Gasteiger partial charge in [-0.25, -0.2) is 4.79 Å². The third-order valence-electron chi connectivity index (χ3n) is 2.73. The molecule has 0 aliphatic rings. The molecule has 0 atom stereocenters. The van der Waals surface area contributed by atoms with E-state index in [0.29, 0.717) is 13.2 Å². The lowest BCUT2D eigenvalue weighted by Gasteiger charge is -2.24. The summed E-state index contributed by atoms with van der Waals surface area (Å²) in [4.78, 5) is 13.3. The van der Waals surface area contributed by atoms with Crippen LogP contribution in [-0.4, -0.2) is 36.8 Å². The summed E-state index contributed by atoms with van der Waals surface area (Å²) in [6.45, 7) is 8.61. The first-order valence-electron chi connectivity index (χ1n) is 6.97. The highest BCUT2D eigenvalue weighted by Gasteiger charge is 2.19. The molecule has 0 aromatic heterocycles. The van der Waals surface area contributed by atoms with Gasteiger partial charge in [0.1, 0.15) is 18.0 Å². The number of carbonyl (C=O) groups is 1. The molecule has 0 saturated heterocycles. The fourth-order valence-electron chi connectivity index (χ4n) is 1.55. The van der Waals surface area contributed by atoms with Crippen molar-refractivity contribution in [2.75, 3.05) is 20.2 Å². The molecule has 1 aromatic carbocycles. The van der Waals surface area contributed by atoms with E-state index in [9.17, 15) is 4.79 Å². The third-order valence-corrected chi connectivity index (χ3v) is 2.73. The minimum Gasteiger partial charge on any atom is -0.492 e. The minimum atomic E-state index is -0.470. The number of amides is 1. The highest BCUT2D eigenvalue weighted by Crippen LogP contribution is 2.13. The van der Waals surface area contributed by atoms with Crippen LogP contribution in [0.5, 0.6) is 5.75 Å². The van der Waals surface area contributed by atoms with Crippen LogP contribution in [0.15, 0.2) is 24.3 Å². The molecule has 0 spiro atoms. The van der Waals surface area contributed by atoms with Crippen molar-refractivity contribution in [2.45, 2.75) is 39.7 Å². The lowest BCUT2D eigenvalue weighted by molar-refractivity contribution is 0.0278. The molecule has 20 heavy (non-hydrogen) atoms. The zero-order valence-electron chi connectivity index (χ0n) is 13.1. The number of likely N-dealkylation sites (N-methyl/N-ethyl adjacent to an activating group) is 1. The maximum atomic E-state index is 11.7. The Labute approximate surface area is 121 Å². The van der Waals surface area contributed by atoms with Crippen molar-refractivity contribution in [3.63, 3.8) is 0 Å². The highest BCUT2D eigenvalue weighted by molar-refractivity contribution is 5.67. The molecule has 1 rings (SSSR count). The standard InChI is InChI=1S/C16H25NO3/c1-6-13-7-9-14(10-8-13)19-12-11-17(5)15(18)20-16(2,3)4/h7-10H,6,11-12H2,1-5H3. The first-order valence-corrected chi connectivity index (χ1v) is 6.97. The zero-order valence-corrected chi connectivity index (χ0v) is 13.1. The van der Waals surface area contributed by atoms with E-state index in [4.69, 9.17) is 9.47 Å². The van der Waals surface area contributed by atoms with Crippen LogP contribution in [-0.2, 0) is 11.2 Å². The average Bonchev–Trinajstić information content (AvgIpc) is 2.37. The van der Waals surface area contributed by atoms with E-state index in [-0.39, 0.29) is 6.09 Å². The van der Waals surface area contributed by atoms with Crippen LogP contribution in [0.4, 0.5) is 4.79 Å². The number of carbonyl (C=O) groups excluding carboxylic acids is 1. The van der Waals surface area contributed by atoms with Gasteiger partial charge in [0.05, 0.1) is 6.54 Å².